The Balaban J connectivity index is 1.60. The highest BCUT2D eigenvalue weighted by atomic mass is 16.5. The molecule has 0 fully saturated rings. The summed E-state index contributed by atoms with van der Waals surface area (Å²) in [4.78, 5) is 29.7. The molecule has 0 saturated carbocycles. The molecule has 0 N–H and O–H groups in total. The summed E-state index contributed by atoms with van der Waals surface area (Å²) in [6.45, 7) is 2.37. The lowest BCUT2D eigenvalue weighted by Crippen LogP contribution is -2.40. The molecule has 0 aliphatic rings. The Morgan fingerprint density at radius 1 is 0.970 bits per heavy atom. The van der Waals surface area contributed by atoms with Crippen LogP contribution in [0.15, 0.2) is 69.0 Å². The maximum Gasteiger partial charge on any atom is 0.320 e. The summed E-state index contributed by atoms with van der Waals surface area (Å²) in [5.41, 5.74) is -0.288. The molecule has 0 aliphatic carbocycles. The van der Waals surface area contributed by atoms with Crippen molar-refractivity contribution in [3.63, 3.8) is 0 Å². The summed E-state index contributed by atoms with van der Waals surface area (Å²) in [5, 5.41) is 3.97. The fourth-order valence-electron chi connectivity index (χ4n) is 3.34. The topological polar surface area (TPSA) is 111 Å². The van der Waals surface area contributed by atoms with Crippen molar-refractivity contribution < 1.29 is 18.7 Å². The zero-order valence-corrected chi connectivity index (χ0v) is 18.3. The molecule has 0 atom stereocenters. The molecule has 4 aromatic rings. The van der Waals surface area contributed by atoms with Crippen LogP contribution < -0.4 is 25.3 Å². The summed E-state index contributed by atoms with van der Waals surface area (Å²) >= 11 is 0. The number of nitrogens with zero attached hydrogens (tertiary/aromatic N) is 4. The second-order valence-electron chi connectivity index (χ2n) is 6.89. The van der Waals surface area contributed by atoms with Crippen molar-refractivity contribution in [3.8, 4) is 34.3 Å². The average molecular weight is 450 g/mol. The smallest absolute Gasteiger partial charge is 0.320 e. The Labute approximate surface area is 188 Å². The molecular formula is C23H22N4O6. The lowest BCUT2D eigenvalue weighted by atomic mass is 10.1. The van der Waals surface area contributed by atoms with Crippen LogP contribution in [0.5, 0.6) is 17.2 Å². The van der Waals surface area contributed by atoms with E-state index in [-0.39, 0.29) is 18.3 Å². The predicted molar refractivity (Wildman–Crippen MR) is 119 cm³/mol. The average Bonchev–Trinajstić information content (AvgIpc) is 3.31. The van der Waals surface area contributed by atoms with Crippen LogP contribution in [0.25, 0.3) is 17.1 Å². The van der Waals surface area contributed by atoms with E-state index in [2.05, 4.69) is 10.1 Å². The molecule has 0 radical (unpaired) electrons. The zero-order chi connectivity index (χ0) is 23.4. The monoisotopic (exact) mass is 450 g/mol. The van der Waals surface area contributed by atoms with E-state index in [0.29, 0.717) is 35.1 Å². The van der Waals surface area contributed by atoms with Gasteiger partial charge in [-0.25, -0.2) is 0 Å². The van der Waals surface area contributed by atoms with E-state index in [0.717, 1.165) is 0 Å². The largest absolute Gasteiger partial charge is 0.494 e. The van der Waals surface area contributed by atoms with E-state index in [1.165, 1.54) is 35.7 Å². The van der Waals surface area contributed by atoms with Gasteiger partial charge >= 0.3 is 11.1 Å². The normalized spacial score (nSPS) is 10.8. The minimum absolute atomic E-state index is 0.0581. The standard InChI is InChI=1S/C23H22N4O6/c1-4-32-16-10-8-15(9-11-16)27-13-12-26(22(28)23(27)29)14-19-24-21(25-33-19)17-6-5-7-18(30-2)20(17)31-3/h5-13H,4,14H2,1-3H3. The number of ether oxygens (including phenoxy) is 3. The van der Waals surface area contributed by atoms with Gasteiger partial charge in [-0.1, -0.05) is 11.2 Å². The summed E-state index contributed by atoms with van der Waals surface area (Å²) in [7, 11) is 3.05. The van der Waals surface area contributed by atoms with Crippen molar-refractivity contribution in [2.75, 3.05) is 20.8 Å². The van der Waals surface area contributed by atoms with Crippen LogP contribution in [0.3, 0.4) is 0 Å². The third-order valence-electron chi connectivity index (χ3n) is 4.90. The van der Waals surface area contributed by atoms with Crippen LogP contribution in [0.1, 0.15) is 12.8 Å². The van der Waals surface area contributed by atoms with Crippen LogP contribution in [0.2, 0.25) is 0 Å². The van der Waals surface area contributed by atoms with Gasteiger partial charge < -0.3 is 18.7 Å². The van der Waals surface area contributed by atoms with E-state index in [4.69, 9.17) is 18.7 Å². The maximum atomic E-state index is 12.7. The van der Waals surface area contributed by atoms with Gasteiger partial charge in [0.1, 0.15) is 12.3 Å². The van der Waals surface area contributed by atoms with Gasteiger partial charge in [0.05, 0.1) is 26.4 Å². The van der Waals surface area contributed by atoms with E-state index in [1.54, 1.807) is 42.5 Å². The Hall–Kier alpha value is -4.34. The van der Waals surface area contributed by atoms with Crippen molar-refractivity contribution in [3.05, 3.63) is 81.5 Å². The fraction of sp³-hybridized carbons (Fsp3) is 0.217. The number of methoxy groups -OCH3 is 2. The molecule has 33 heavy (non-hydrogen) atoms. The lowest BCUT2D eigenvalue weighted by Gasteiger charge is -2.09. The molecule has 0 unspecified atom stereocenters. The molecule has 170 valence electrons. The first-order valence-electron chi connectivity index (χ1n) is 10.1. The third-order valence-corrected chi connectivity index (χ3v) is 4.90. The summed E-state index contributed by atoms with van der Waals surface area (Å²) in [6, 6.07) is 12.2. The zero-order valence-electron chi connectivity index (χ0n) is 18.3. The third kappa shape index (κ3) is 4.36. The second kappa shape index (κ2) is 9.43. The molecule has 4 rings (SSSR count). The Kier molecular flexibility index (Phi) is 6.25. The van der Waals surface area contributed by atoms with Gasteiger partial charge in [-0.3, -0.25) is 18.7 Å². The first-order chi connectivity index (χ1) is 16.0. The summed E-state index contributed by atoms with van der Waals surface area (Å²) in [6.07, 6.45) is 3.01. The number of para-hydroxylation sites is 1. The number of benzene rings is 2. The van der Waals surface area contributed by atoms with Crippen molar-refractivity contribution in [2.45, 2.75) is 13.5 Å². The van der Waals surface area contributed by atoms with Gasteiger partial charge in [0.15, 0.2) is 11.5 Å². The maximum absolute atomic E-state index is 12.7. The van der Waals surface area contributed by atoms with Gasteiger partial charge in [0.25, 0.3) is 0 Å². The molecule has 0 saturated heterocycles. The SMILES string of the molecule is CCOc1ccc(-n2ccn(Cc3nc(-c4cccc(OC)c4OC)no3)c(=O)c2=O)cc1. The molecule has 10 nitrogen and oxygen atoms in total. The Bertz CT molecular complexity index is 1370. The van der Waals surface area contributed by atoms with Gasteiger partial charge in [-0.15, -0.1) is 0 Å². The number of hydrogen-bond acceptors (Lipinski definition) is 8. The molecule has 2 heterocycles. The molecule has 0 aliphatic heterocycles. The van der Waals surface area contributed by atoms with E-state index in [1.807, 2.05) is 6.92 Å². The van der Waals surface area contributed by atoms with Crippen molar-refractivity contribution in [2.24, 2.45) is 0 Å². The van der Waals surface area contributed by atoms with Crippen LogP contribution in [0.4, 0.5) is 0 Å². The summed E-state index contributed by atoms with van der Waals surface area (Å²) < 4.78 is 23.9. The van der Waals surface area contributed by atoms with E-state index in [9.17, 15) is 9.59 Å². The molecule has 0 bridgehead atoms. The van der Waals surface area contributed by atoms with Gasteiger partial charge in [-0.2, -0.15) is 4.98 Å². The van der Waals surface area contributed by atoms with Gasteiger partial charge in [0.2, 0.25) is 11.7 Å². The summed E-state index contributed by atoms with van der Waals surface area (Å²) in [5.74, 6) is 2.10. The van der Waals surface area contributed by atoms with E-state index >= 15 is 0 Å². The van der Waals surface area contributed by atoms with E-state index < -0.39 is 11.1 Å². The van der Waals surface area contributed by atoms with Crippen molar-refractivity contribution in [1.29, 1.82) is 0 Å². The quantitative estimate of drug-likeness (QED) is 0.377. The van der Waals surface area contributed by atoms with Crippen LogP contribution >= 0.6 is 0 Å². The lowest BCUT2D eigenvalue weighted by molar-refractivity contribution is 0.340. The van der Waals surface area contributed by atoms with Crippen LogP contribution in [0, 0.1) is 0 Å². The number of aromatic nitrogens is 4. The minimum Gasteiger partial charge on any atom is -0.494 e. The second-order valence-corrected chi connectivity index (χ2v) is 6.89. The molecular weight excluding hydrogens is 428 g/mol. The molecule has 2 aromatic carbocycles. The number of rotatable bonds is 8. The van der Waals surface area contributed by atoms with Crippen molar-refractivity contribution >= 4 is 0 Å². The van der Waals surface area contributed by atoms with Crippen molar-refractivity contribution in [1.82, 2.24) is 19.3 Å². The molecule has 10 heteroatoms. The Morgan fingerprint density at radius 2 is 1.76 bits per heavy atom. The predicted octanol–water partition coefficient (Wildman–Crippen LogP) is 2.51. The highest BCUT2D eigenvalue weighted by Crippen LogP contribution is 2.36. The highest BCUT2D eigenvalue weighted by Gasteiger charge is 2.17. The minimum atomic E-state index is -0.718. The van der Waals surface area contributed by atoms with Gasteiger partial charge in [-0.05, 0) is 43.3 Å². The molecule has 2 aromatic heterocycles. The molecule has 0 spiro atoms. The van der Waals surface area contributed by atoms with Crippen LogP contribution in [-0.4, -0.2) is 40.1 Å². The Morgan fingerprint density at radius 3 is 2.45 bits per heavy atom. The highest BCUT2D eigenvalue weighted by molar-refractivity contribution is 5.68. The first-order valence-corrected chi connectivity index (χ1v) is 10.1. The fourth-order valence-corrected chi connectivity index (χ4v) is 3.34. The molecule has 0 amide bonds. The number of hydrogen-bond donors (Lipinski definition) is 0. The van der Waals surface area contributed by atoms with Gasteiger partial charge in [0, 0.05) is 18.1 Å². The first kappa shape index (κ1) is 21.9. The van der Waals surface area contributed by atoms with Crippen LogP contribution in [-0.2, 0) is 6.54 Å².